The Morgan fingerprint density at radius 3 is 2.57 bits per heavy atom. The van der Waals surface area contributed by atoms with Crippen molar-refractivity contribution in [3.05, 3.63) is 23.8 Å². The van der Waals surface area contributed by atoms with Crippen molar-refractivity contribution < 1.29 is 8.78 Å². The second-order valence-corrected chi connectivity index (χ2v) is 3.89. The quantitative estimate of drug-likeness (QED) is 0.743. The van der Waals surface area contributed by atoms with E-state index in [0.29, 0.717) is 11.3 Å². The van der Waals surface area contributed by atoms with Crippen LogP contribution < -0.4 is 5.73 Å². The van der Waals surface area contributed by atoms with E-state index in [1.54, 1.807) is 6.92 Å². The van der Waals surface area contributed by atoms with Crippen LogP contribution in [0, 0.1) is 6.92 Å². The largest absolute Gasteiger partial charge is 0.321 e. The van der Waals surface area contributed by atoms with Gasteiger partial charge in [0.05, 0.1) is 5.54 Å². The van der Waals surface area contributed by atoms with Crippen LogP contribution in [0.4, 0.5) is 8.78 Å². The third-order valence-corrected chi connectivity index (χ3v) is 2.60. The van der Waals surface area contributed by atoms with Gasteiger partial charge in [0.15, 0.2) is 0 Å². The number of aryl methyl sites for hydroxylation is 1. The number of hydrogen-bond acceptors (Lipinski definition) is 3. The maximum atomic E-state index is 12.7. The molecule has 5 heteroatoms. The molecule has 0 saturated heterocycles. The molecule has 1 heterocycles. The fourth-order valence-electron chi connectivity index (χ4n) is 1.94. The number of nitrogens with zero attached hydrogens (tertiary/aromatic N) is 2. The Labute approximate surface area is 80.4 Å². The highest BCUT2D eigenvalue weighted by atomic mass is 19.3. The molecule has 0 aromatic carbocycles. The smallest absolute Gasteiger partial charge is 0.252 e. The van der Waals surface area contributed by atoms with Crippen LogP contribution in [0.5, 0.6) is 0 Å². The Hall–Kier alpha value is -1.10. The molecule has 0 radical (unpaired) electrons. The van der Waals surface area contributed by atoms with Gasteiger partial charge in [0.25, 0.3) is 5.92 Å². The van der Waals surface area contributed by atoms with E-state index in [2.05, 4.69) is 9.97 Å². The molecular formula is C9H11F2N3. The predicted octanol–water partition coefficient (Wildman–Crippen LogP) is 1.37. The summed E-state index contributed by atoms with van der Waals surface area (Å²) >= 11 is 0. The molecule has 0 amide bonds. The van der Waals surface area contributed by atoms with Gasteiger partial charge >= 0.3 is 0 Å². The molecule has 3 nitrogen and oxygen atoms in total. The monoisotopic (exact) mass is 199 g/mol. The molecule has 0 unspecified atom stereocenters. The van der Waals surface area contributed by atoms with Crippen LogP contribution in [0.3, 0.4) is 0 Å². The van der Waals surface area contributed by atoms with Crippen molar-refractivity contribution in [1.29, 1.82) is 0 Å². The predicted molar refractivity (Wildman–Crippen MR) is 46.8 cm³/mol. The Balaban J connectivity index is 2.30. The molecule has 0 aliphatic heterocycles. The first kappa shape index (κ1) is 9.45. The van der Waals surface area contributed by atoms with Crippen molar-refractivity contribution in [2.75, 3.05) is 0 Å². The van der Waals surface area contributed by atoms with Gasteiger partial charge in [0.2, 0.25) is 0 Å². The van der Waals surface area contributed by atoms with Crippen molar-refractivity contribution in [3.63, 3.8) is 0 Å². The van der Waals surface area contributed by atoms with Gasteiger partial charge in [0, 0.05) is 30.3 Å². The fraction of sp³-hybridized carbons (Fsp3) is 0.556. The zero-order valence-electron chi connectivity index (χ0n) is 7.80. The molecular weight excluding hydrogens is 188 g/mol. The van der Waals surface area contributed by atoms with Crippen LogP contribution >= 0.6 is 0 Å². The molecule has 2 N–H and O–H groups in total. The van der Waals surface area contributed by atoms with Gasteiger partial charge in [-0.3, -0.25) is 0 Å². The number of rotatable bonds is 1. The summed E-state index contributed by atoms with van der Waals surface area (Å²) in [6.07, 6.45) is 2.29. The van der Waals surface area contributed by atoms with E-state index in [4.69, 9.17) is 5.73 Å². The summed E-state index contributed by atoms with van der Waals surface area (Å²) in [5, 5.41) is 0. The molecule has 76 valence electrons. The average molecular weight is 199 g/mol. The van der Waals surface area contributed by atoms with E-state index in [1.165, 1.54) is 12.5 Å². The standard InChI is InChI=1S/C9H11F2N3/c1-6-7(2-13-5-14-6)8(12)3-9(10,11)4-8/h2,5H,3-4,12H2,1H3. The van der Waals surface area contributed by atoms with Crippen LogP contribution in [0.2, 0.25) is 0 Å². The summed E-state index contributed by atoms with van der Waals surface area (Å²) in [6.45, 7) is 1.75. The van der Waals surface area contributed by atoms with Crippen molar-refractivity contribution in [1.82, 2.24) is 9.97 Å². The Morgan fingerprint density at radius 2 is 2.07 bits per heavy atom. The molecule has 1 aliphatic carbocycles. The molecule has 0 atom stereocenters. The second kappa shape index (κ2) is 2.70. The minimum Gasteiger partial charge on any atom is -0.321 e. The maximum Gasteiger partial charge on any atom is 0.252 e. The third kappa shape index (κ3) is 1.37. The van der Waals surface area contributed by atoms with Crippen LogP contribution in [0.25, 0.3) is 0 Å². The van der Waals surface area contributed by atoms with Crippen molar-refractivity contribution in [2.24, 2.45) is 5.73 Å². The second-order valence-electron chi connectivity index (χ2n) is 3.89. The lowest BCUT2D eigenvalue weighted by Gasteiger charge is -2.44. The van der Waals surface area contributed by atoms with Gasteiger partial charge in [-0.15, -0.1) is 0 Å². The Kier molecular flexibility index (Phi) is 1.82. The number of hydrogen-bond donors (Lipinski definition) is 1. The Morgan fingerprint density at radius 1 is 1.43 bits per heavy atom. The van der Waals surface area contributed by atoms with Crippen LogP contribution in [-0.4, -0.2) is 15.9 Å². The summed E-state index contributed by atoms with van der Waals surface area (Å²) in [7, 11) is 0. The SMILES string of the molecule is Cc1ncncc1C1(N)CC(F)(F)C1. The number of halogens is 2. The summed E-state index contributed by atoms with van der Waals surface area (Å²) in [4.78, 5) is 7.74. The lowest BCUT2D eigenvalue weighted by atomic mass is 9.70. The summed E-state index contributed by atoms with van der Waals surface area (Å²) < 4.78 is 25.5. The van der Waals surface area contributed by atoms with E-state index in [-0.39, 0.29) is 12.8 Å². The number of alkyl halides is 2. The average Bonchev–Trinajstić information content (AvgIpc) is 2.00. The molecule has 0 bridgehead atoms. The third-order valence-electron chi connectivity index (χ3n) is 2.60. The van der Waals surface area contributed by atoms with E-state index >= 15 is 0 Å². The zero-order valence-corrected chi connectivity index (χ0v) is 7.80. The lowest BCUT2D eigenvalue weighted by molar-refractivity contribution is -0.125. The number of aromatic nitrogens is 2. The first-order valence-corrected chi connectivity index (χ1v) is 4.37. The summed E-state index contributed by atoms with van der Waals surface area (Å²) in [5.74, 6) is -2.63. The van der Waals surface area contributed by atoms with Crippen molar-refractivity contribution in [3.8, 4) is 0 Å². The van der Waals surface area contributed by atoms with Crippen molar-refractivity contribution in [2.45, 2.75) is 31.2 Å². The van der Waals surface area contributed by atoms with E-state index in [9.17, 15) is 8.78 Å². The van der Waals surface area contributed by atoms with Gasteiger partial charge in [-0.1, -0.05) is 0 Å². The van der Waals surface area contributed by atoms with Crippen LogP contribution in [-0.2, 0) is 5.54 Å². The first-order valence-electron chi connectivity index (χ1n) is 4.37. The highest BCUT2D eigenvalue weighted by molar-refractivity contribution is 5.29. The highest BCUT2D eigenvalue weighted by Gasteiger charge is 2.55. The van der Waals surface area contributed by atoms with Gasteiger partial charge in [-0.25, -0.2) is 18.7 Å². The zero-order chi connectivity index (χ0) is 10.4. The minimum absolute atomic E-state index is 0.311. The maximum absolute atomic E-state index is 12.7. The van der Waals surface area contributed by atoms with Crippen LogP contribution in [0.1, 0.15) is 24.1 Å². The van der Waals surface area contributed by atoms with Gasteiger partial charge < -0.3 is 5.73 Å². The molecule has 1 aromatic heterocycles. The molecule has 1 aliphatic rings. The van der Waals surface area contributed by atoms with E-state index in [0.717, 1.165) is 0 Å². The van der Waals surface area contributed by atoms with E-state index < -0.39 is 11.5 Å². The Bertz CT molecular complexity index is 357. The summed E-state index contributed by atoms with van der Waals surface area (Å²) in [6, 6.07) is 0. The highest BCUT2D eigenvalue weighted by Crippen LogP contribution is 2.50. The molecule has 14 heavy (non-hydrogen) atoms. The fourth-order valence-corrected chi connectivity index (χ4v) is 1.94. The van der Waals surface area contributed by atoms with Gasteiger partial charge in [0.1, 0.15) is 6.33 Å². The van der Waals surface area contributed by atoms with Crippen LogP contribution in [0.15, 0.2) is 12.5 Å². The first-order chi connectivity index (χ1) is 6.43. The normalized spacial score (nSPS) is 22.9. The molecule has 1 fully saturated rings. The minimum atomic E-state index is -2.63. The van der Waals surface area contributed by atoms with Gasteiger partial charge in [-0.05, 0) is 6.92 Å². The van der Waals surface area contributed by atoms with Gasteiger partial charge in [-0.2, -0.15) is 0 Å². The van der Waals surface area contributed by atoms with E-state index in [1.807, 2.05) is 0 Å². The molecule has 2 rings (SSSR count). The molecule has 1 aromatic rings. The lowest BCUT2D eigenvalue weighted by Crippen LogP contribution is -2.55. The molecule has 1 saturated carbocycles. The van der Waals surface area contributed by atoms with Crippen molar-refractivity contribution >= 4 is 0 Å². The molecule has 0 spiro atoms. The summed E-state index contributed by atoms with van der Waals surface area (Å²) in [5.41, 5.74) is 6.21. The topological polar surface area (TPSA) is 51.8 Å². The number of nitrogens with two attached hydrogens (primary N) is 1.